The highest BCUT2D eigenvalue weighted by Gasteiger charge is 1.99. The summed E-state index contributed by atoms with van der Waals surface area (Å²) in [5, 5.41) is 12.6. The van der Waals surface area contributed by atoms with Crippen molar-refractivity contribution in [1.82, 2.24) is 9.97 Å². The molecule has 104 valence electrons. The van der Waals surface area contributed by atoms with Crippen LogP contribution in [0.15, 0.2) is 54.9 Å². The molecule has 0 fully saturated rings. The molecule has 0 bridgehead atoms. The van der Waals surface area contributed by atoms with Crippen molar-refractivity contribution in [1.29, 1.82) is 0 Å². The number of fused-ring (bicyclic) bond motifs is 1. The van der Waals surface area contributed by atoms with Crippen LogP contribution < -0.4 is 5.32 Å². The Balaban J connectivity index is 0.000001000. The van der Waals surface area contributed by atoms with Crippen molar-refractivity contribution in [3.05, 3.63) is 54.9 Å². The van der Waals surface area contributed by atoms with Gasteiger partial charge in [-0.1, -0.05) is 6.07 Å². The Morgan fingerprint density at radius 2 is 1.50 bits per heavy atom. The van der Waals surface area contributed by atoms with Gasteiger partial charge in [-0.15, -0.1) is 24.8 Å². The number of hydrogen-bond donors (Lipinski definition) is 2. The molecule has 0 saturated carbocycles. The van der Waals surface area contributed by atoms with Crippen LogP contribution in [0.5, 0.6) is 5.75 Å². The normalized spacial score (nSPS) is 9.40. The summed E-state index contributed by atoms with van der Waals surface area (Å²) >= 11 is 0. The zero-order valence-corrected chi connectivity index (χ0v) is 12.0. The number of nitrogens with one attached hydrogen (secondary N) is 1. The minimum absolute atomic E-state index is 0. The third-order valence-corrected chi connectivity index (χ3v) is 2.60. The lowest BCUT2D eigenvalue weighted by Gasteiger charge is -2.07. The van der Waals surface area contributed by atoms with Gasteiger partial charge in [0.2, 0.25) is 0 Å². The van der Waals surface area contributed by atoms with E-state index in [9.17, 15) is 5.11 Å². The van der Waals surface area contributed by atoms with E-state index in [1.54, 1.807) is 30.6 Å². The van der Waals surface area contributed by atoms with Gasteiger partial charge in [0.15, 0.2) is 0 Å². The average Bonchev–Trinajstić information content (AvgIpc) is 2.39. The molecule has 1 aromatic heterocycles. The second-order valence-corrected chi connectivity index (χ2v) is 3.94. The summed E-state index contributed by atoms with van der Waals surface area (Å²) in [6.07, 6.45) is 3.34. The van der Waals surface area contributed by atoms with Crippen LogP contribution in [-0.2, 0) is 0 Å². The molecule has 0 radical (unpaired) electrons. The first kappa shape index (κ1) is 16.0. The number of benzene rings is 2. The highest BCUT2D eigenvalue weighted by atomic mass is 35.5. The third-order valence-electron chi connectivity index (χ3n) is 2.60. The number of nitrogens with zero attached hydrogens (tertiary/aromatic N) is 2. The first-order chi connectivity index (χ1) is 8.81. The van der Waals surface area contributed by atoms with E-state index >= 15 is 0 Å². The maximum Gasteiger partial charge on any atom is 0.117 e. The number of anilines is 2. The van der Waals surface area contributed by atoms with Crippen molar-refractivity contribution < 1.29 is 5.11 Å². The highest BCUT2D eigenvalue weighted by Crippen LogP contribution is 2.22. The van der Waals surface area contributed by atoms with E-state index < -0.39 is 0 Å². The predicted octanol–water partition coefficient (Wildman–Crippen LogP) is 3.92. The van der Waals surface area contributed by atoms with Gasteiger partial charge in [-0.25, -0.2) is 0 Å². The molecule has 2 N–H and O–H groups in total. The molecular formula is C14H13Cl2N3O. The van der Waals surface area contributed by atoms with Crippen molar-refractivity contribution in [2.24, 2.45) is 0 Å². The number of hydrogen-bond acceptors (Lipinski definition) is 4. The lowest BCUT2D eigenvalue weighted by Crippen LogP contribution is -1.91. The van der Waals surface area contributed by atoms with Crippen molar-refractivity contribution in [3.8, 4) is 5.75 Å². The molecule has 0 saturated heterocycles. The van der Waals surface area contributed by atoms with Crippen molar-refractivity contribution in [3.63, 3.8) is 0 Å². The van der Waals surface area contributed by atoms with E-state index in [0.29, 0.717) is 0 Å². The fraction of sp³-hybridized carbons (Fsp3) is 0. The Morgan fingerprint density at radius 1 is 0.800 bits per heavy atom. The van der Waals surface area contributed by atoms with Crippen LogP contribution in [0.2, 0.25) is 0 Å². The molecule has 2 aromatic carbocycles. The lowest BCUT2D eigenvalue weighted by molar-refractivity contribution is 0.475. The molecule has 0 spiro atoms. The van der Waals surface area contributed by atoms with Crippen LogP contribution in [0.4, 0.5) is 11.4 Å². The van der Waals surface area contributed by atoms with Crippen LogP contribution in [0.3, 0.4) is 0 Å². The van der Waals surface area contributed by atoms with Gasteiger partial charge in [-0.3, -0.25) is 9.97 Å². The van der Waals surface area contributed by atoms with Crippen molar-refractivity contribution in [2.45, 2.75) is 0 Å². The summed E-state index contributed by atoms with van der Waals surface area (Å²) in [6.45, 7) is 0. The topological polar surface area (TPSA) is 58.0 Å². The standard InChI is InChI=1S/C14H11N3O.2ClH/c18-12-3-1-2-10(8-12)17-11-4-5-13-14(9-11)16-7-6-15-13;;/h1-9,17-18H;2*1H. The Morgan fingerprint density at radius 3 is 2.25 bits per heavy atom. The zero-order chi connectivity index (χ0) is 12.4. The summed E-state index contributed by atoms with van der Waals surface area (Å²) in [4.78, 5) is 8.46. The van der Waals surface area contributed by atoms with Gasteiger partial charge in [0.05, 0.1) is 11.0 Å². The quantitative estimate of drug-likeness (QED) is 0.753. The Kier molecular flexibility index (Phi) is 5.55. The lowest BCUT2D eigenvalue weighted by atomic mass is 10.2. The monoisotopic (exact) mass is 309 g/mol. The average molecular weight is 310 g/mol. The maximum atomic E-state index is 9.40. The second kappa shape index (κ2) is 6.93. The predicted molar refractivity (Wildman–Crippen MR) is 85.4 cm³/mol. The number of halogens is 2. The largest absolute Gasteiger partial charge is 0.508 e. The number of rotatable bonds is 2. The summed E-state index contributed by atoms with van der Waals surface area (Å²) in [7, 11) is 0. The molecule has 6 heteroatoms. The van der Waals surface area contributed by atoms with E-state index in [0.717, 1.165) is 22.4 Å². The van der Waals surface area contributed by atoms with Crippen LogP contribution in [-0.4, -0.2) is 15.1 Å². The summed E-state index contributed by atoms with van der Waals surface area (Å²) < 4.78 is 0. The molecule has 3 aromatic rings. The number of aromatic hydroxyl groups is 1. The van der Waals surface area contributed by atoms with Gasteiger partial charge in [0.25, 0.3) is 0 Å². The van der Waals surface area contributed by atoms with Gasteiger partial charge < -0.3 is 10.4 Å². The number of phenolic OH excluding ortho intramolecular Hbond substituents is 1. The third kappa shape index (κ3) is 3.50. The maximum absolute atomic E-state index is 9.40. The molecule has 0 unspecified atom stereocenters. The molecule has 0 atom stereocenters. The fourth-order valence-corrected chi connectivity index (χ4v) is 1.79. The number of phenols is 1. The Bertz CT molecular complexity index is 707. The van der Waals surface area contributed by atoms with E-state index in [4.69, 9.17) is 0 Å². The van der Waals surface area contributed by atoms with Crippen LogP contribution in [0.25, 0.3) is 11.0 Å². The van der Waals surface area contributed by atoms with Gasteiger partial charge in [0, 0.05) is 29.8 Å². The molecule has 0 aliphatic heterocycles. The van der Waals surface area contributed by atoms with Gasteiger partial charge >= 0.3 is 0 Å². The molecule has 0 aliphatic rings. The molecule has 3 rings (SSSR count). The van der Waals surface area contributed by atoms with Crippen molar-refractivity contribution in [2.75, 3.05) is 5.32 Å². The summed E-state index contributed by atoms with van der Waals surface area (Å²) in [5.74, 6) is 0.237. The van der Waals surface area contributed by atoms with Gasteiger partial charge in [-0.05, 0) is 30.3 Å². The molecule has 0 aliphatic carbocycles. The molecule has 0 amide bonds. The van der Waals surface area contributed by atoms with E-state index in [-0.39, 0.29) is 30.6 Å². The minimum atomic E-state index is 0. The SMILES string of the molecule is Cl.Cl.Oc1cccc(Nc2ccc3nccnc3c2)c1. The van der Waals surface area contributed by atoms with Crippen LogP contribution >= 0.6 is 24.8 Å². The van der Waals surface area contributed by atoms with E-state index in [2.05, 4.69) is 15.3 Å². The molecular weight excluding hydrogens is 297 g/mol. The summed E-state index contributed by atoms with van der Waals surface area (Å²) in [5.41, 5.74) is 3.44. The smallest absolute Gasteiger partial charge is 0.117 e. The highest BCUT2D eigenvalue weighted by molar-refractivity contribution is 5.85. The Labute approximate surface area is 128 Å². The van der Waals surface area contributed by atoms with E-state index in [1.165, 1.54) is 0 Å². The zero-order valence-electron chi connectivity index (χ0n) is 10.4. The van der Waals surface area contributed by atoms with Crippen molar-refractivity contribution >= 4 is 47.2 Å². The van der Waals surface area contributed by atoms with E-state index in [1.807, 2.05) is 24.3 Å². The van der Waals surface area contributed by atoms with Crippen LogP contribution in [0, 0.1) is 0 Å². The molecule has 1 heterocycles. The van der Waals surface area contributed by atoms with Gasteiger partial charge in [0.1, 0.15) is 5.75 Å². The first-order valence-corrected chi connectivity index (χ1v) is 5.58. The first-order valence-electron chi connectivity index (χ1n) is 5.58. The second-order valence-electron chi connectivity index (χ2n) is 3.94. The van der Waals surface area contributed by atoms with Crippen LogP contribution in [0.1, 0.15) is 0 Å². The number of aromatic nitrogens is 2. The minimum Gasteiger partial charge on any atom is -0.508 e. The molecule has 4 nitrogen and oxygen atoms in total. The molecule has 20 heavy (non-hydrogen) atoms. The Hall–Kier alpha value is -2.04. The summed E-state index contributed by atoms with van der Waals surface area (Å²) in [6, 6.07) is 12.7. The van der Waals surface area contributed by atoms with Gasteiger partial charge in [-0.2, -0.15) is 0 Å². The fourth-order valence-electron chi connectivity index (χ4n) is 1.79.